The molecule has 0 N–H and O–H groups in total. The molecule has 0 saturated carbocycles. The molecule has 0 aliphatic carbocycles. The van der Waals surface area contributed by atoms with Gasteiger partial charge in [0, 0.05) is 19.3 Å². The normalized spacial score (nSPS) is 12.0. The quantitative estimate of drug-likeness (QED) is 0.0262. The highest BCUT2D eigenvalue weighted by molar-refractivity contribution is 5.71. The molecule has 0 rings (SSSR count). The fourth-order valence-corrected chi connectivity index (χ4v) is 8.68. The Hall–Kier alpha value is -1.85. The number of allylic oxidation sites excluding steroid dienone is 2. The standard InChI is InChI=1S/C58H110O6/c1-4-7-10-13-16-19-22-24-26-27-28-29-30-31-32-33-35-36-39-42-45-48-51-57(60)63-54-55(53-62-56(59)50-47-44-41-38-21-18-15-12-9-6-3)64-58(61)52-49-46-43-40-37-34-25-23-20-17-14-11-8-5-2/h23,25,55H,4-22,24,26-54H2,1-3H3/b25-23-. The Morgan fingerprint density at radius 1 is 0.297 bits per heavy atom. The fraction of sp³-hybridized carbons (Fsp3) is 0.914. The minimum Gasteiger partial charge on any atom is -0.462 e. The lowest BCUT2D eigenvalue weighted by molar-refractivity contribution is -0.167. The van der Waals surface area contributed by atoms with E-state index in [0.717, 1.165) is 64.2 Å². The van der Waals surface area contributed by atoms with Gasteiger partial charge in [-0.15, -0.1) is 0 Å². The molecular weight excluding hydrogens is 793 g/mol. The molecule has 6 nitrogen and oxygen atoms in total. The van der Waals surface area contributed by atoms with Crippen molar-refractivity contribution < 1.29 is 28.6 Å². The number of ether oxygens (including phenoxy) is 3. The molecule has 0 bridgehead atoms. The number of unbranched alkanes of at least 4 members (excludes halogenated alkanes) is 40. The molecule has 0 fully saturated rings. The molecule has 0 aliphatic rings. The SMILES string of the molecule is CCCCCCC/C=C\CCCCCCCC(=O)OC(COC(=O)CCCCCCCCCCCC)COC(=O)CCCCCCCCCCCCCCCCCCCCCCCC. The molecule has 1 unspecified atom stereocenters. The highest BCUT2D eigenvalue weighted by atomic mass is 16.6. The minimum atomic E-state index is -0.768. The Morgan fingerprint density at radius 2 is 0.516 bits per heavy atom. The van der Waals surface area contributed by atoms with Crippen molar-refractivity contribution in [3.05, 3.63) is 12.2 Å². The molecule has 0 aromatic rings. The summed E-state index contributed by atoms with van der Waals surface area (Å²) in [5, 5.41) is 0. The molecule has 0 amide bonds. The van der Waals surface area contributed by atoms with Crippen LogP contribution in [0.25, 0.3) is 0 Å². The molecule has 0 radical (unpaired) electrons. The van der Waals surface area contributed by atoms with Gasteiger partial charge in [0.25, 0.3) is 0 Å². The van der Waals surface area contributed by atoms with Crippen molar-refractivity contribution in [1.29, 1.82) is 0 Å². The minimum absolute atomic E-state index is 0.0678. The van der Waals surface area contributed by atoms with Crippen LogP contribution in [-0.4, -0.2) is 37.2 Å². The number of esters is 3. The molecule has 0 spiro atoms. The molecule has 6 heteroatoms. The lowest BCUT2D eigenvalue weighted by Crippen LogP contribution is -2.30. The van der Waals surface area contributed by atoms with Gasteiger partial charge in [0.05, 0.1) is 0 Å². The Morgan fingerprint density at radius 3 is 0.781 bits per heavy atom. The summed E-state index contributed by atoms with van der Waals surface area (Å²) in [5.74, 6) is -0.857. The van der Waals surface area contributed by atoms with Crippen molar-refractivity contribution in [2.45, 2.75) is 329 Å². The second kappa shape index (κ2) is 53.8. The van der Waals surface area contributed by atoms with E-state index in [4.69, 9.17) is 14.2 Å². The monoisotopic (exact) mass is 903 g/mol. The van der Waals surface area contributed by atoms with Gasteiger partial charge in [-0.2, -0.15) is 0 Å². The van der Waals surface area contributed by atoms with Gasteiger partial charge < -0.3 is 14.2 Å². The third-order valence-electron chi connectivity index (χ3n) is 13.0. The van der Waals surface area contributed by atoms with Crippen LogP contribution in [0.3, 0.4) is 0 Å². The van der Waals surface area contributed by atoms with Crippen molar-refractivity contribution in [3.8, 4) is 0 Å². The first-order valence-electron chi connectivity index (χ1n) is 28.7. The van der Waals surface area contributed by atoms with Crippen LogP contribution in [0.4, 0.5) is 0 Å². The zero-order valence-corrected chi connectivity index (χ0v) is 43.3. The summed E-state index contributed by atoms with van der Waals surface area (Å²) in [6, 6.07) is 0. The van der Waals surface area contributed by atoms with E-state index < -0.39 is 6.10 Å². The van der Waals surface area contributed by atoms with E-state index in [-0.39, 0.29) is 31.1 Å². The van der Waals surface area contributed by atoms with Gasteiger partial charge in [-0.3, -0.25) is 14.4 Å². The van der Waals surface area contributed by atoms with Crippen LogP contribution in [0.2, 0.25) is 0 Å². The van der Waals surface area contributed by atoms with Crippen LogP contribution >= 0.6 is 0 Å². The molecule has 378 valence electrons. The number of rotatable bonds is 53. The molecule has 0 aromatic heterocycles. The number of hydrogen-bond donors (Lipinski definition) is 0. The topological polar surface area (TPSA) is 78.9 Å². The van der Waals surface area contributed by atoms with E-state index in [9.17, 15) is 14.4 Å². The zero-order chi connectivity index (χ0) is 46.5. The van der Waals surface area contributed by atoms with Crippen molar-refractivity contribution >= 4 is 17.9 Å². The smallest absolute Gasteiger partial charge is 0.306 e. The first-order chi connectivity index (χ1) is 31.5. The van der Waals surface area contributed by atoms with Gasteiger partial charge >= 0.3 is 17.9 Å². The summed E-state index contributed by atoms with van der Waals surface area (Å²) in [5.41, 5.74) is 0. The van der Waals surface area contributed by atoms with Crippen LogP contribution in [0.15, 0.2) is 12.2 Å². The van der Waals surface area contributed by atoms with Gasteiger partial charge in [-0.25, -0.2) is 0 Å². The summed E-state index contributed by atoms with van der Waals surface area (Å²) in [4.78, 5) is 38.0. The summed E-state index contributed by atoms with van der Waals surface area (Å²) in [6.07, 6.45) is 60.7. The van der Waals surface area contributed by atoms with Gasteiger partial charge in [0.1, 0.15) is 13.2 Å². The third-order valence-corrected chi connectivity index (χ3v) is 13.0. The summed E-state index contributed by atoms with van der Waals surface area (Å²) >= 11 is 0. The van der Waals surface area contributed by atoms with Crippen LogP contribution in [0.1, 0.15) is 323 Å². The lowest BCUT2D eigenvalue weighted by Gasteiger charge is -2.18. The van der Waals surface area contributed by atoms with Crippen LogP contribution < -0.4 is 0 Å². The number of carbonyl (C=O) groups is 3. The largest absolute Gasteiger partial charge is 0.462 e. The highest BCUT2D eigenvalue weighted by Gasteiger charge is 2.19. The molecule has 0 saturated heterocycles. The average Bonchev–Trinajstić information content (AvgIpc) is 3.29. The second-order valence-corrected chi connectivity index (χ2v) is 19.6. The molecule has 0 heterocycles. The molecule has 0 aliphatic heterocycles. The third kappa shape index (κ3) is 51.1. The van der Waals surface area contributed by atoms with Gasteiger partial charge in [-0.05, 0) is 44.9 Å². The van der Waals surface area contributed by atoms with Crippen LogP contribution in [-0.2, 0) is 28.6 Å². The Bertz CT molecular complexity index is 993. The molecular formula is C58H110O6. The second-order valence-electron chi connectivity index (χ2n) is 19.6. The predicted octanol–water partition coefficient (Wildman–Crippen LogP) is 18.9. The molecule has 1 atom stereocenters. The first kappa shape index (κ1) is 62.1. The predicted molar refractivity (Wildman–Crippen MR) is 275 cm³/mol. The maximum atomic E-state index is 12.8. The van der Waals surface area contributed by atoms with Gasteiger partial charge in [-0.1, -0.05) is 270 Å². The maximum Gasteiger partial charge on any atom is 0.306 e. The lowest BCUT2D eigenvalue weighted by atomic mass is 10.0. The van der Waals surface area contributed by atoms with E-state index >= 15 is 0 Å². The molecule has 0 aromatic carbocycles. The van der Waals surface area contributed by atoms with Crippen molar-refractivity contribution in [3.63, 3.8) is 0 Å². The maximum absolute atomic E-state index is 12.8. The summed E-state index contributed by atoms with van der Waals surface area (Å²) in [7, 11) is 0. The fourth-order valence-electron chi connectivity index (χ4n) is 8.68. The van der Waals surface area contributed by atoms with E-state index in [1.165, 1.54) is 218 Å². The van der Waals surface area contributed by atoms with Crippen molar-refractivity contribution in [2.24, 2.45) is 0 Å². The van der Waals surface area contributed by atoms with Crippen molar-refractivity contribution in [1.82, 2.24) is 0 Å². The Kier molecular flexibility index (Phi) is 52.2. The number of carbonyl (C=O) groups excluding carboxylic acids is 3. The van der Waals surface area contributed by atoms with E-state index in [1.807, 2.05) is 0 Å². The number of hydrogen-bond acceptors (Lipinski definition) is 6. The summed E-state index contributed by atoms with van der Waals surface area (Å²) < 4.78 is 16.8. The highest BCUT2D eigenvalue weighted by Crippen LogP contribution is 2.17. The Labute approximate surface area is 399 Å². The Balaban J connectivity index is 4.20. The zero-order valence-electron chi connectivity index (χ0n) is 43.3. The van der Waals surface area contributed by atoms with Gasteiger partial charge in [0.2, 0.25) is 0 Å². The molecule has 64 heavy (non-hydrogen) atoms. The van der Waals surface area contributed by atoms with Crippen LogP contribution in [0.5, 0.6) is 0 Å². The van der Waals surface area contributed by atoms with E-state index in [2.05, 4.69) is 32.9 Å². The average molecular weight is 904 g/mol. The van der Waals surface area contributed by atoms with Gasteiger partial charge in [0.15, 0.2) is 6.10 Å². The summed E-state index contributed by atoms with van der Waals surface area (Å²) in [6.45, 7) is 6.66. The van der Waals surface area contributed by atoms with E-state index in [1.54, 1.807) is 0 Å². The van der Waals surface area contributed by atoms with Crippen LogP contribution in [0, 0.1) is 0 Å². The van der Waals surface area contributed by atoms with E-state index in [0.29, 0.717) is 19.3 Å². The first-order valence-corrected chi connectivity index (χ1v) is 28.7. The van der Waals surface area contributed by atoms with Crippen molar-refractivity contribution in [2.75, 3.05) is 13.2 Å².